The maximum Gasteiger partial charge on any atom is 0.489 e. The zero-order valence-corrected chi connectivity index (χ0v) is 39.8. The number of hydrogen-bond acceptors (Lipinski definition) is 11. The van der Waals surface area contributed by atoms with Gasteiger partial charge in [0, 0.05) is 73.7 Å². The summed E-state index contributed by atoms with van der Waals surface area (Å²) in [6.07, 6.45) is -2.85. The van der Waals surface area contributed by atoms with E-state index in [1.807, 2.05) is 13.8 Å². The third-order valence-corrected chi connectivity index (χ3v) is 13.6. The van der Waals surface area contributed by atoms with Gasteiger partial charge in [0.2, 0.25) is 11.8 Å². The zero-order chi connectivity index (χ0) is 48.5. The van der Waals surface area contributed by atoms with Crippen LogP contribution < -0.4 is 10.7 Å². The summed E-state index contributed by atoms with van der Waals surface area (Å²) in [6, 6.07) is 4.69. The molecule has 5 atom stereocenters. The van der Waals surface area contributed by atoms with E-state index in [1.165, 1.54) is 52.6 Å². The molecular formula is C48H57F3N8O7S. The number of carbonyl (C=O) groups is 5. The highest BCUT2D eigenvalue weighted by Crippen LogP contribution is 2.45. The summed E-state index contributed by atoms with van der Waals surface area (Å²) in [7, 11) is 3.00. The molecule has 2 N–H and O–H groups in total. The SMILES string of the molecule is CC#CC(=O)N1CC[C@H](C(=O)N(C)[C@H](C(=O)N[C@H]2Cc3nc(cs3)-c3ccc4c(c3)c(c(-c3cccnc3[C@H](C)OC)n4C(F)(F)F)CC(C)(C)COC(=O)[C@@H]3CCCN(N3)C2=O)C(C)C)C1. The van der Waals surface area contributed by atoms with Gasteiger partial charge < -0.3 is 24.6 Å². The van der Waals surface area contributed by atoms with Gasteiger partial charge in [-0.1, -0.05) is 39.7 Å². The number of halogens is 3. The van der Waals surface area contributed by atoms with Crippen LogP contribution in [0.4, 0.5) is 13.2 Å². The first-order valence-electron chi connectivity index (χ1n) is 22.4. The number of likely N-dealkylation sites (N-methyl/N-ethyl adjacent to an activating group) is 1. The number of nitrogens with one attached hydrogen (secondary N) is 2. The Kier molecular flexibility index (Phi) is 14.5. The number of hydrazine groups is 1. The van der Waals surface area contributed by atoms with Crippen molar-refractivity contribution in [1.82, 2.24) is 40.1 Å². The predicted molar refractivity (Wildman–Crippen MR) is 244 cm³/mol. The maximum absolute atomic E-state index is 15.5. The molecule has 2 fully saturated rings. The number of rotatable bonds is 8. The Morgan fingerprint density at radius 3 is 2.58 bits per heavy atom. The molecule has 0 saturated carbocycles. The standard InChI is InChI=1S/C48H57F3N8O7S/c1-9-12-39(60)57-20-17-30(24-57)44(62)56(7)41(27(2)3)43(61)54-35-22-38-53-36(25-67-38)29-15-16-37-32(21-29)33(23-47(5,6)26-66-46(64)34-14-11-19-58(55-34)45(35)63)42(59(37)48(49,50)51)31-13-10-18-52-40(31)28(4)65-8/h10,13,15-16,18,21,25,27-28,30,34-35,41,55H,11,14,17,19-20,22-24,26H2,1-8H3,(H,54,61)/t28-,30-,34-,35-,41-/m0/s1. The van der Waals surface area contributed by atoms with Crippen molar-refractivity contribution in [3.63, 3.8) is 0 Å². The Morgan fingerprint density at radius 2 is 1.88 bits per heavy atom. The van der Waals surface area contributed by atoms with Crippen LogP contribution in [0.1, 0.15) is 83.2 Å². The number of fused-ring (bicyclic) bond motifs is 6. The summed E-state index contributed by atoms with van der Waals surface area (Å²) in [6.45, 7) is 11.1. The number of pyridine rings is 1. The number of likely N-dealkylation sites (tertiary alicyclic amines) is 1. The molecule has 4 amide bonds. The molecule has 4 aromatic rings. The Labute approximate surface area is 391 Å². The topological polar surface area (TPSA) is 168 Å². The van der Waals surface area contributed by atoms with E-state index in [0.29, 0.717) is 63.3 Å². The second-order valence-electron chi connectivity index (χ2n) is 18.6. The highest BCUT2D eigenvalue weighted by atomic mass is 32.1. The Bertz CT molecular complexity index is 2620. The van der Waals surface area contributed by atoms with E-state index in [0.717, 1.165) is 0 Å². The quantitative estimate of drug-likeness (QED) is 0.158. The number of hydrogen-bond donors (Lipinski definition) is 2. The van der Waals surface area contributed by atoms with E-state index in [-0.39, 0.29) is 61.1 Å². The summed E-state index contributed by atoms with van der Waals surface area (Å²) >= 11 is 1.22. The normalized spacial score (nSPS) is 21.0. The van der Waals surface area contributed by atoms with Gasteiger partial charge in [0.25, 0.3) is 11.8 Å². The maximum atomic E-state index is 15.5. The molecule has 6 heterocycles. The van der Waals surface area contributed by atoms with E-state index in [1.54, 1.807) is 57.3 Å². The number of amides is 4. The number of nitrogens with zero attached hydrogens (tertiary/aromatic N) is 6. The molecule has 15 nitrogen and oxygen atoms in total. The van der Waals surface area contributed by atoms with E-state index in [9.17, 15) is 24.0 Å². The van der Waals surface area contributed by atoms with E-state index in [4.69, 9.17) is 14.5 Å². The molecule has 0 unspecified atom stereocenters. The molecule has 3 aromatic heterocycles. The Hall–Kier alpha value is -5.84. The second-order valence-corrected chi connectivity index (χ2v) is 19.5. The molecule has 1 aromatic carbocycles. The van der Waals surface area contributed by atoms with Crippen LogP contribution in [0.5, 0.6) is 0 Å². The van der Waals surface area contributed by atoms with Crippen molar-refractivity contribution in [2.24, 2.45) is 17.3 Å². The lowest BCUT2D eigenvalue weighted by molar-refractivity contribution is -0.199. The lowest BCUT2D eigenvalue weighted by atomic mass is 9.84. The summed E-state index contributed by atoms with van der Waals surface area (Å²) < 4.78 is 58.4. The van der Waals surface area contributed by atoms with Crippen molar-refractivity contribution in [2.45, 2.75) is 104 Å². The summed E-state index contributed by atoms with van der Waals surface area (Å²) in [5.74, 6) is 1.71. The second kappa shape index (κ2) is 19.8. The molecule has 6 bridgehead atoms. The molecule has 3 aliphatic rings. The van der Waals surface area contributed by atoms with Crippen molar-refractivity contribution in [1.29, 1.82) is 0 Å². The fourth-order valence-corrected chi connectivity index (χ4v) is 10.2. The van der Waals surface area contributed by atoms with E-state index < -0.39 is 65.6 Å². The third-order valence-electron chi connectivity index (χ3n) is 12.7. The van der Waals surface area contributed by atoms with Gasteiger partial charge in [-0.05, 0) is 81.2 Å². The molecular weight excluding hydrogens is 890 g/mol. The fourth-order valence-electron chi connectivity index (χ4n) is 9.35. The molecule has 7 rings (SSSR count). The first-order chi connectivity index (χ1) is 31.7. The van der Waals surface area contributed by atoms with Crippen LogP contribution in [0, 0.1) is 29.1 Å². The van der Waals surface area contributed by atoms with Gasteiger partial charge in [-0.25, -0.2) is 10.4 Å². The molecule has 0 aliphatic carbocycles. The fraction of sp³-hybridized carbons (Fsp3) is 0.521. The number of thiazole rings is 1. The van der Waals surface area contributed by atoms with Gasteiger partial charge >= 0.3 is 12.3 Å². The van der Waals surface area contributed by atoms with Gasteiger partial charge in [-0.15, -0.1) is 24.5 Å². The molecule has 19 heteroatoms. The predicted octanol–water partition coefficient (Wildman–Crippen LogP) is 6.01. The first-order valence-corrected chi connectivity index (χ1v) is 23.3. The number of esters is 1. The number of benzene rings is 1. The highest BCUT2D eigenvalue weighted by Gasteiger charge is 2.42. The molecule has 0 radical (unpaired) electrons. The van der Waals surface area contributed by atoms with Gasteiger partial charge in [-0.3, -0.25) is 38.5 Å². The van der Waals surface area contributed by atoms with Gasteiger partial charge in [0.05, 0.1) is 46.2 Å². The van der Waals surface area contributed by atoms with Crippen molar-refractivity contribution in [3.05, 3.63) is 58.2 Å². The minimum atomic E-state index is -4.86. The van der Waals surface area contributed by atoms with E-state index >= 15 is 13.2 Å². The first kappa shape index (κ1) is 49.1. The van der Waals surface area contributed by atoms with Gasteiger partial charge in [0.1, 0.15) is 18.1 Å². The highest BCUT2D eigenvalue weighted by molar-refractivity contribution is 7.10. The number of methoxy groups -OCH3 is 1. The number of carbonyl (C=O) groups excluding carboxylic acids is 5. The van der Waals surface area contributed by atoms with Crippen molar-refractivity contribution < 1.29 is 46.6 Å². The largest absolute Gasteiger partial charge is 0.489 e. The molecule has 3 aliphatic heterocycles. The van der Waals surface area contributed by atoms with Crippen LogP contribution in [0.3, 0.4) is 0 Å². The van der Waals surface area contributed by atoms with Crippen LogP contribution in [-0.4, -0.2) is 117 Å². The van der Waals surface area contributed by atoms with Crippen LogP contribution in [0.15, 0.2) is 41.9 Å². The number of alkyl halides is 3. The van der Waals surface area contributed by atoms with Gasteiger partial charge in [-0.2, -0.15) is 0 Å². The summed E-state index contributed by atoms with van der Waals surface area (Å²) in [5, 5.41) is 6.75. The molecule has 2 saturated heterocycles. The molecule has 0 spiro atoms. The minimum absolute atomic E-state index is 0.0613. The zero-order valence-electron chi connectivity index (χ0n) is 39.0. The van der Waals surface area contributed by atoms with Crippen LogP contribution in [0.2, 0.25) is 0 Å². The van der Waals surface area contributed by atoms with Gasteiger partial charge in [0.15, 0.2) is 0 Å². The lowest BCUT2D eigenvalue weighted by Gasteiger charge is -2.36. The summed E-state index contributed by atoms with van der Waals surface area (Å²) in [5.41, 5.74) is 3.83. The Balaban J connectivity index is 1.29. The summed E-state index contributed by atoms with van der Waals surface area (Å²) in [4.78, 5) is 81.4. The van der Waals surface area contributed by atoms with Crippen LogP contribution >= 0.6 is 11.3 Å². The molecule has 67 heavy (non-hydrogen) atoms. The van der Waals surface area contributed by atoms with E-state index in [2.05, 4.69) is 27.6 Å². The van der Waals surface area contributed by atoms with Crippen molar-refractivity contribution >= 4 is 51.8 Å². The van der Waals surface area contributed by atoms with Crippen molar-refractivity contribution in [2.75, 3.05) is 40.4 Å². The minimum Gasteiger partial charge on any atom is -0.464 e. The average Bonchev–Trinajstić information content (AvgIpc) is 4.05. The number of ether oxygens (including phenoxy) is 2. The van der Waals surface area contributed by atoms with Crippen molar-refractivity contribution in [3.8, 4) is 34.4 Å². The smallest absolute Gasteiger partial charge is 0.464 e. The van der Waals surface area contributed by atoms with Crippen LogP contribution in [-0.2, 0) is 52.6 Å². The number of aromatic nitrogens is 3. The average molecular weight is 947 g/mol. The third kappa shape index (κ3) is 10.4. The molecule has 358 valence electrons. The Morgan fingerprint density at radius 1 is 1.12 bits per heavy atom. The monoisotopic (exact) mass is 946 g/mol. The number of cyclic esters (lactones) is 1. The lowest BCUT2D eigenvalue weighted by Crippen LogP contribution is -2.62. The van der Waals surface area contributed by atoms with Crippen LogP contribution in [0.25, 0.3) is 33.4 Å².